The number of rotatable bonds is 7. The van der Waals surface area contributed by atoms with Crippen molar-refractivity contribution in [1.82, 2.24) is 4.90 Å². The van der Waals surface area contributed by atoms with Gasteiger partial charge in [0.25, 0.3) is 11.6 Å². The van der Waals surface area contributed by atoms with E-state index in [1.54, 1.807) is 4.90 Å². The first-order chi connectivity index (χ1) is 14.5. The summed E-state index contributed by atoms with van der Waals surface area (Å²) in [5.74, 6) is -0.996. The summed E-state index contributed by atoms with van der Waals surface area (Å²) in [5, 5.41) is 14.5. The largest absolute Gasteiger partial charge is 0.449 e. The van der Waals surface area contributed by atoms with Crippen LogP contribution >= 0.6 is 0 Å². The summed E-state index contributed by atoms with van der Waals surface area (Å²) in [6.45, 7) is 3.26. The van der Waals surface area contributed by atoms with Crippen molar-refractivity contribution in [3.63, 3.8) is 0 Å². The molecule has 1 aliphatic rings. The van der Waals surface area contributed by atoms with E-state index < -0.39 is 17.0 Å². The van der Waals surface area contributed by atoms with E-state index in [0.717, 1.165) is 24.8 Å². The van der Waals surface area contributed by atoms with Gasteiger partial charge in [-0.15, -0.1) is 0 Å². The predicted octanol–water partition coefficient (Wildman–Crippen LogP) is 3.76. The Bertz CT molecular complexity index is 910. The van der Waals surface area contributed by atoms with Gasteiger partial charge < -0.3 is 15.0 Å². The fourth-order valence-electron chi connectivity index (χ4n) is 3.40. The van der Waals surface area contributed by atoms with E-state index in [0.29, 0.717) is 25.3 Å². The molecule has 8 heteroatoms. The van der Waals surface area contributed by atoms with Gasteiger partial charge in [0, 0.05) is 25.7 Å². The lowest BCUT2D eigenvalue weighted by Crippen LogP contribution is -2.42. The van der Waals surface area contributed by atoms with Crippen molar-refractivity contribution in [2.45, 2.75) is 38.8 Å². The SMILES string of the molecule is C[C@H](OC(=O)c1ccc(NCc2ccccc2)c([N+](=O)[O-])c1)C(=O)N1CCCCC1. The zero-order valence-electron chi connectivity index (χ0n) is 16.9. The summed E-state index contributed by atoms with van der Waals surface area (Å²) < 4.78 is 5.28. The highest BCUT2D eigenvalue weighted by atomic mass is 16.6. The number of carbonyl (C=O) groups excluding carboxylic acids is 2. The number of nitro groups is 1. The van der Waals surface area contributed by atoms with Crippen LogP contribution in [0.3, 0.4) is 0 Å². The van der Waals surface area contributed by atoms with E-state index in [2.05, 4.69) is 5.32 Å². The highest BCUT2D eigenvalue weighted by molar-refractivity contribution is 5.93. The molecule has 1 N–H and O–H groups in total. The first kappa shape index (κ1) is 21.3. The Balaban J connectivity index is 1.67. The van der Waals surface area contributed by atoms with E-state index in [9.17, 15) is 19.7 Å². The number of carbonyl (C=O) groups is 2. The van der Waals surface area contributed by atoms with Gasteiger partial charge in [-0.25, -0.2) is 4.79 Å². The number of hydrogen-bond donors (Lipinski definition) is 1. The van der Waals surface area contributed by atoms with Crippen LogP contribution in [0.1, 0.15) is 42.1 Å². The molecule has 0 spiro atoms. The molecule has 2 aromatic rings. The number of likely N-dealkylation sites (tertiary alicyclic amines) is 1. The Morgan fingerprint density at radius 3 is 2.50 bits per heavy atom. The van der Waals surface area contributed by atoms with Crippen LogP contribution in [-0.2, 0) is 16.1 Å². The average molecular weight is 411 g/mol. The Morgan fingerprint density at radius 2 is 1.83 bits per heavy atom. The first-order valence-corrected chi connectivity index (χ1v) is 10.0. The summed E-state index contributed by atoms with van der Waals surface area (Å²) >= 11 is 0. The fraction of sp³-hybridized carbons (Fsp3) is 0.364. The normalized spacial score (nSPS) is 14.6. The molecule has 0 saturated carbocycles. The summed E-state index contributed by atoms with van der Waals surface area (Å²) in [4.78, 5) is 37.6. The van der Waals surface area contributed by atoms with Crippen LogP contribution in [0.5, 0.6) is 0 Å². The number of nitrogens with zero attached hydrogens (tertiary/aromatic N) is 2. The van der Waals surface area contributed by atoms with Crippen LogP contribution in [0.25, 0.3) is 0 Å². The Hall–Kier alpha value is -3.42. The van der Waals surface area contributed by atoms with Crippen LogP contribution in [-0.4, -0.2) is 40.9 Å². The predicted molar refractivity (Wildman–Crippen MR) is 112 cm³/mol. The maximum atomic E-state index is 12.5. The Morgan fingerprint density at radius 1 is 1.13 bits per heavy atom. The molecule has 1 fully saturated rings. The summed E-state index contributed by atoms with van der Waals surface area (Å²) in [6.07, 6.45) is 2.03. The number of ether oxygens (including phenoxy) is 1. The molecule has 1 amide bonds. The molecule has 158 valence electrons. The summed E-state index contributed by atoms with van der Waals surface area (Å²) in [5.41, 5.74) is 1.08. The monoisotopic (exact) mass is 411 g/mol. The quantitative estimate of drug-likeness (QED) is 0.423. The van der Waals surface area contributed by atoms with Crippen LogP contribution in [0.15, 0.2) is 48.5 Å². The molecule has 1 heterocycles. The van der Waals surface area contributed by atoms with Crippen molar-refractivity contribution in [3.8, 4) is 0 Å². The van der Waals surface area contributed by atoms with Gasteiger partial charge in [-0.05, 0) is 43.9 Å². The van der Waals surface area contributed by atoms with Gasteiger partial charge >= 0.3 is 5.97 Å². The maximum Gasteiger partial charge on any atom is 0.339 e. The molecule has 0 aliphatic carbocycles. The molecule has 2 aromatic carbocycles. The van der Waals surface area contributed by atoms with Crippen LogP contribution < -0.4 is 5.32 Å². The van der Waals surface area contributed by atoms with Crippen LogP contribution in [0, 0.1) is 10.1 Å². The van der Waals surface area contributed by atoms with E-state index in [1.165, 1.54) is 25.1 Å². The minimum atomic E-state index is -0.939. The molecule has 0 unspecified atom stereocenters. The smallest absolute Gasteiger partial charge is 0.339 e. The minimum absolute atomic E-state index is 0.0326. The van der Waals surface area contributed by atoms with Gasteiger partial charge in [-0.3, -0.25) is 14.9 Å². The van der Waals surface area contributed by atoms with E-state index >= 15 is 0 Å². The number of anilines is 1. The Kier molecular flexibility index (Phi) is 7.00. The molecular weight excluding hydrogens is 386 g/mol. The second-order valence-electron chi connectivity index (χ2n) is 7.26. The molecule has 8 nitrogen and oxygen atoms in total. The van der Waals surface area contributed by atoms with Crippen molar-refractivity contribution in [3.05, 3.63) is 69.8 Å². The third-order valence-corrected chi connectivity index (χ3v) is 5.06. The standard InChI is InChI=1S/C22H25N3O5/c1-16(21(26)24-12-6-3-7-13-24)30-22(27)18-10-11-19(20(14-18)25(28)29)23-15-17-8-4-2-5-9-17/h2,4-5,8-11,14,16,23H,3,6-7,12-13,15H2,1H3/t16-/m0/s1. The van der Waals surface area contributed by atoms with Crippen molar-refractivity contribution in [2.75, 3.05) is 18.4 Å². The Labute approximate surface area is 175 Å². The molecule has 1 aliphatic heterocycles. The van der Waals surface area contributed by atoms with Crippen molar-refractivity contribution < 1.29 is 19.2 Å². The second kappa shape index (κ2) is 9.87. The highest BCUT2D eigenvalue weighted by Gasteiger charge is 2.26. The van der Waals surface area contributed by atoms with Gasteiger partial charge in [0.05, 0.1) is 10.5 Å². The molecule has 0 bridgehead atoms. The fourth-order valence-corrected chi connectivity index (χ4v) is 3.40. The average Bonchev–Trinajstić information content (AvgIpc) is 2.78. The van der Waals surface area contributed by atoms with Gasteiger partial charge in [0.15, 0.2) is 6.10 Å². The van der Waals surface area contributed by atoms with E-state index in [1.807, 2.05) is 30.3 Å². The van der Waals surface area contributed by atoms with Crippen LogP contribution in [0.2, 0.25) is 0 Å². The second-order valence-corrected chi connectivity index (χ2v) is 7.26. The topological polar surface area (TPSA) is 102 Å². The number of amides is 1. The zero-order valence-corrected chi connectivity index (χ0v) is 16.9. The molecule has 0 radical (unpaired) electrons. The summed E-state index contributed by atoms with van der Waals surface area (Å²) in [6, 6.07) is 13.6. The number of hydrogen-bond acceptors (Lipinski definition) is 6. The molecular formula is C22H25N3O5. The molecule has 1 atom stereocenters. The maximum absolute atomic E-state index is 12.5. The van der Waals surface area contributed by atoms with Gasteiger partial charge in [-0.2, -0.15) is 0 Å². The molecule has 3 rings (SSSR count). The van der Waals surface area contributed by atoms with Gasteiger partial charge in [0.2, 0.25) is 0 Å². The number of nitrogens with one attached hydrogen (secondary N) is 1. The number of piperidine rings is 1. The number of esters is 1. The van der Waals surface area contributed by atoms with Crippen molar-refractivity contribution in [1.29, 1.82) is 0 Å². The molecule has 0 aromatic heterocycles. The number of nitro benzene ring substituents is 1. The summed E-state index contributed by atoms with van der Waals surface area (Å²) in [7, 11) is 0. The highest BCUT2D eigenvalue weighted by Crippen LogP contribution is 2.27. The lowest BCUT2D eigenvalue weighted by atomic mass is 10.1. The lowest BCUT2D eigenvalue weighted by Gasteiger charge is -2.28. The molecule has 1 saturated heterocycles. The molecule has 30 heavy (non-hydrogen) atoms. The first-order valence-electron chi connectivity index (χ1n) is 10.0. The van der Waals surface area contributed by atoms with Crippen LogP contribution in [0.4, 0.5) is 11.4 Å². The zero-order chi connectivity index (χ0) is 21.5. The van der Waals surface area contributed by atoms with Gasteiger partial charge in [-0.1, -0.05) is 30.3 Å². The third-order valence-electron chi connectivity index (χ3n) is 5.06. The van der Waals surface area contributed by atoms with Crippen molar-refractivity contribution in [2.24, 2.45) is 0 Å². The number of benzene rings is 2. The van der Waals surface area contributed by atoms with Gasteiger partial charge in [0.1, 0.15) is 5.69 Å². The minimum Gasteiger partial charge on any atom is -0.449 e. The van der Waals surface area contributed by atoms with E-state index in [4.69, 9.17) is 4.74 Å². The van der Waals surface area contributed by atoms with E-state index in [-0.39, 0.29) is 17.2 Å². The third kappa shape index (κ3) is 5.34. The lowest BCUT2D eigenvalue weighted by molar-refractivity contribution is -0.384. The van der Waals surface area contributed by atoms with Crippen molar-refractivity contribution >= 4 is 23.3 Å².